The van der Waals surface area contributed by atoms with Crippen molar-refractivity contribution in [2.75, 3.05) is 51.0 Å². The zero-order valence-corrected chi connectivity index (χ0v) is 18.1. The summed E-state index contributed by atoms with van der Waals surface area (Å²) in [5.41, 5.74) is 3.32. The molecule has 1 aliphatic rings. The molecule has 0 aliphatic carbocycles. The molecule has 31 heavy (non-hydrogen) atoms. The number of carbonyl (C=O) groups excluding carboxylic acids is 1. The molecule has 2 aromatic heterocycles. The molecule has 0 spiro atoms. The molecule has 1 amide bonds. The summed E-state index contributed by atoms with van der Waals surface area (Å²) in [7, 11) is 10.0. The van der Waals surface area contributed by atoms with Crippen LogP contribution < -0.4 is 16.1 Å². The minimum absolute atomic E-state index is 0.137. The molecule has 1 aromatic carbocycles. The number of hydrogen-bond donors (Lipinski definition) is 2. The van der Waals surface area contributed by atoms with Crippen molar-refractivity contribution in [1.82, 2.24) is 24.6 Å². The summed E-state index contributed by atoms with van der Waals surface area (Å²) in [6, 6.07) is 5.42. The Balaban J connectivity index is 1.76. The van der Waals surface area contributed by atoms with Crippen molar-refractivity contribution >= 4 is 41.9 Å². The van der Waals surface area contributed by atoms with Gasteiger partial charge in [0.1, 0.15) is 13.8 Å². The maximum absolute atomic E-state index is 12.9. The number of nitrogens with one attached hydrogen (secondary N) is 2. The number of anilines is 2. The van der Waals surface area contributed by atoms with Gasteiger partial charge in [-0.3, -0.25) is 9.48 Å². The van der Waals surface area contributed by atoms with Gasteiger partial charge in [0, 0.05) is 31.6 Å². The normalized spacial score (nSPS) is 15.5. The van der Waals surface area contributed by atoms with Crippen molar-refractivity contribution in [3.05, 3.63) is 35.7 Å². The molecule has 160 valence electrons. The molecule has 0 fully saturated rings. The summed E-state index contributed by atoms with van der Waals surface area (Å²) in [5.74, 6) is -0.269. The second kappa shape index (κ2) is 9.03. The minimum Gasteiger partial charge on any atom is -0.380 e. The third-order valence-electron chi connectivity index (χ3n) is 5.15. The van der Waals surface area contributed by atoms with E-state index in [-0.39, 0.29) is 5.91 Å². The van der Waals surface area contributed by atoms with Crippen molar-refractivity contribution in [3.63, 3.8) is 0 Å². The predicted molar refractivity (Wildman–Crippen MR) is 121 cm³/mol. The fourth-order valence-electron chi connectivity index (χ4n) is 3.63. The standard InChI is InChI=1S/C21H26BN7O2/c1-4-31-10-9-29-12-15-18(17-14-11-13(22)5-6-16(14)24-20(17)30)25-21(26-19(15)27-29)23-7-8-28(2)3/h5-6,11-12,17H,4,7-10H2,1-3H3,(H,24,30)(H,23,26,27). The molecule has 2 N–H and O–H groups in total. The van der Waals surface area contributed by atoms with Gasteiger partial charge in [0.25, 0.3) is 0 Å². The molecule has 0 saturated heterocycles. The van der Waals surface area contributed by atoms with E-state index in [1.54, 1.807) is 10.7 Å². The number of carbonyl (C=O) groups is 1. The second-order valence-electron chi connectivity index (χ2n) is 7.76. The Hall–Kier alpha value is -2.98. The number of amides is 1. The summed E-state index contributed by atoms with van der Waals surface area (Å²) in [6.07, 6.45) is 1.88. The van der Waals surface area contributed by atoms with E-state index in [1.807, 2.05) is 39.3 Å². The fraction of sp³-hybridized carbons (Fsp3) is 0.429. The number of aromatic nitrogens is 4. The first-order valence-electron chi connectivity index (χ1n) is 10.4. The van der Waals surface area contributed by atoms with Gasteiger partial charge in [-0.25, -0.2) is 4.98 Å². The lowest BCUT2D eigenvalue weighted by atomic mass is 9.88. The van der Waals surface area contributed by atoms with Crippen LogP contribution in [0.5, 0.6) is 0 Å². The van der Waals surface area contributed by atoms with Gasteiger partial charge in [-0.05, 0) is 32.6 Å². The Kier molecular flexibility index (Phi) is 6.19. The lowest BCUT2D eigenvalue weighted by molar-refractivity contribution is -0.116. The van der Waals surface area contributed by atoms with Gasteiger partial charge in [0.05, 0.1) is 24.2 Å². The molecule has 0 saturated carbocycles. The number of likely N-dealkylation sites (N-methyl/N-ethyl adjacent to an activating group) is 1. The van der Waals surface area contributed by atoms with Gasteiger partial charge in [0.2, 0.25) is 11.9 Å². The van der Waals surface area contributed by atoms with Gasteiger partial charge in [-0.2, -0.15) is 10.1 Å². The third kappa shape index (κ3) is 4.54. The lowest BCUT2D eigenvalue weighted by Crippen LogP contribution is -2.22. The number of benzene rings is 1. The van der Waals surface area contributed by atoms with Crippen LogP contribution in [0.15, 0.2) is 24.4 Å². The van der Waals surface area contributed by atoms with Gasteiger partial charge in [-0.1, -0.05) is 17.6 Å². The first kappa shape index (κ1) is 21.3. The van der Waals surface area contributed by atoms with E-state index in [0.29, 0.717) is 49.1 Å². The highest BCUT2D eigenvalue weighted by atomic mass is 16.5. The summed E-state index contributed by atoms with van der Waals surface area (Å²) < 4.78 is 7.23. The molecule has 3 heterocycles. The van der Waals surface area contributed by atoms with E-state index in [4.69, 9.17) is 17.6 Å². The molecule has 4 rings (SSSR count). The topological polar surface area (TPSA) is 97.2 Å². The molecular formula is C21H26BN7O2. The van der Waals surface area contributed by atoms with E-state index in [9.17, 15) is 4.79 Å². The van der Waals surface area contributed by atoms with Gasteiger partial charge >= 0.3 is 0 Å². The molecular weight excluding hydrogens is 393 g/mol. The number of ether oxygens (including phenoxy) is 1. The van der Waals surface area contributed by atoms with Crippen LogP contribution in [0.1, 0.15) is 24.1 Å². The van der Waals surface area contributed by atoms with Crippen molar-refractivity contribution in [3.8, 4) is 0 Å². The molecule has 0 bridgehead atoms. The summed E-state index contributed by atoms with van der Waals surface area (Å²) in [4.78, 5) is 24.3. The van der Waals surface area contributed by atoms with Crippen LogP contribution in [0.2, 0.25) is 0 Å². The van der Waals surface area contributed by atoms with Crippen LogP contribution in [0.3, 0.4) is 0 Å². The van der Waals surface area contributed by atoms with Crippen molar-refractivity contribution in [2.45, 2.75) is 19.4 Å². The Morgan fingerprint density at radius 1 is 1.32 bits per heavy atom. The summed E-state index contributed by atoms with van der Waals surface area (Å²) in [6.45, 7) is 5.23. The zero-order chi connectivity index (χ0) is 22.0. The van der Waals surface area contributed by atoms with Crippen molar-refractivity contribution in [2.24, 2.45) is 0 Å². The Morgan fingerprint density at radius 3 is 2.94 bits per heavy atom. The lowest BCUT2D eigenvalue weighted by Gasteiger charge is -2.13. The highest BCUT2D eigenvalue weighted by Gasteiger charge is 2.35. The maximum atomic E-state index is 12.9. The smallest absolute Gasteiger partial charge is 0.238 e. The Labute approximate surface area is 182 Å². The first-order chi connectivity index (χ1) is 15.0. The van der Waals surface area contributed by atoms with Crippen LogP contribution in [-0.2, 0) is 16.1 Å². The molecule has 1 atom stereocenters. The molecule has 10 heteroatoms. The van der Waals surface area contributed by atoms with Crippen LogP contribution in [0, 0.1) is 0 Å². The quantitative estimate of drug-likeness (QED) is 0.390. The molecule has 2 radical (unpaired) electrons. The maximum Gasteiger partial charge on any atom is 0.238 e. The number of hydrogen-bond acceptors (Lipinski definition) is 7. The largest absolute Gasteiger partial charge is 0.380 e. The highest BCUT2D eigenvalue weighted by molar-refractivity contribution is 6.32. The molecule has 9 nitrogen and oxygen atoms in total. The number of nitrogens with zero attached hydrogens (tertiary/aromatic N) is 5. The van der Waals surface area contributed by atoms with Crippen molar-refractivity contribution in [1.29, 1.82) is 0 Å². The minimum atomic E-state index is -0.581. The van der Waals surface area contributed by atoms with E-state index in [0.717, 1.165) is 23.2 Å². The van der Waals surface area contributed by atoms with Crippen LogP contribution >= 0.6 is 0 Å². The second-order valence-corrected chi connectivity index (χ2v) is 7.76. The average molecular weight is 419 g/mol. The molecule has 3 aromatic rings. The van der Waals surface area contributed by atoms with Crippen LogP contribution in [-0.4, -0.2) is 78.8 Å². The Bertz CT molecular complexity index is 1100. The number of fused-ring (bicyclic) bond motifs is 2. The van der Waals surface area contributed by atoms with E-state index < -0.39 is 5.92 Å². The van der Waals surface area contributed by atoms with Gasteiger partial charge in [-0.15, -0.1) is 0 Å². The van der Waals surface area contributed by atoms with Crippen molar-refractivity contribution < 1.29 is 9.53 Å². The van der Waals surface area contributed by atoms with E-state index in [2.05, 4.69) is 25.6 Å². The first-order valence-corrected chi connectivity index (χ1v) is 10.4. The average Bonchev–Trinajstić information content (AvgIpc) is 3.27. The monoisotopic (exact) mass is 419 g/mol. The van der Waals surface area contributed by atoms with Gasteiger partial charge < -0.3 is 20.3 Å². The van der Waals surface area contributed by atoms with E-state index in [1.165, 1.54) is 0 Å². The van der Waals surface area contributed by atoms with Gasteiger partial charge in [0.15, 0.2) is 5.65 Å². The Morgan fingerprint density at radius 2 is 2.16 bits per heavy atom. The third-order valence-corrected chi connectivity index (χ3v) is 5.15. The predicted octanol–water partition coefficient (Wildman–Crippen LogP) is 0.714. The molecule has 1 aliphatic heterocycles. The van der Waals surface area contributed by atoms with Crippen LogP contribution in [0.25, 0.3) is 11.0 Å². The summed E-state index contributed by atoms with van der Waals surface area (Å²) in [5, 5.41) is 11.5. The number of rotatable bonds is 9. The molecule has 1 unspecified atom stereocenters. The zero-order valence-electron chi connectivity index (χ0n) is 18.1. The van der Waals surface area contributed by atoms with Crippen LogP contribution in [0.4, 0.5) is 11.6 Å². The van der Waals surface area contributed by atoms with E-state index >= 15 is 0 Å². The highest BCUT2D eigenvalue weighted by Crippen LogP contribution is 2.38. The summed E-state index contributed by atoms with van der Waals surface area (Å²) >= 11 is 0. The fourth-order valence-corrected chi connectivity index (χ4v) is 3.63. The SMILES string of the molecule is [B]c1ccc2c(c1)C(c1nc(NCCN(C)C)nc3nn(CCOCC)cc13)C(=O)N2.